The molecule has 0 aliphatic heterocycles. The number of esters is 1. The summed E-state index contributed by atoms with van der Waals surface area (Å²) in [7, 11) is 0. The summed E-state index contributed by atoms with van der Waals surface area (Å²) in [6.45, 7) is 4.81. The summed E-state index contributed by atoms with van der Waals surface area (Å²) in [4.78, 5) is 46.0. The van der Waals surface area contributed by atoms with E-state index in [9.17, 15) is 19.2 Å². The molecule has 0 fully saturated rings. The molecule has 0 radical (unpaired) electrons. The lowest BCUT2D eigenvalue weighted by Gasteiger charge is -2.14. The van der Waals surface area contributed by atoms with Gasteiger partial charge >= 0.3 is 18.0 Å². The fourth-order valence-corrected chi connectivity index (χ4v) is 1.66. The van der Waals surface area contributed by atoms with E-state index in [0.29, 0.717) is 5.69 Å². The normalized spacial score (nSPS) is 11.3. The maximum Gasteiger partial charge on any atom is 0.338 e. The minimum absolute atomic E-state index is 0.118. The summed E-state index contributed by atoms with van der Waals surface area (Å²) in [5.74, 6) is -1.54. The summed E-state index contributed by atoms with van der Waals surface area (Å²) < 4.78 is 4.99. The summed E-state index contributed by atoms with van der Waals surface area (Å²) in [5.41, 5.74) is 5.42. The van der Waals surface area contributed by atoms with Gasteiger partial charge in [-0.3, -0.25) is 10.1 Å². The van der Waals surface area contributed by atoms with E-state index in [4.69, 9.17) is 10.5 Å². The molecule has 0 bridgehead atoms. The highest BCUT2D eigenvalue weighted by atomic mass is 16.5. The Hall–Kier alpha value is -3.10. The Labute approximate surface area is 138 Å². The lowest BCUT2D eigenvalue weighted by molar-refractivity contribution is -0.127. The Balaban J connectivity index is 2.64. The molecule has 1 aromatic rings. The first-order chi connectivity index (χ1) is 11.2. The molecule has 5 N–H and O–H groups in total. The van der Waals surface area contributed by atoms with Gasteiger partial charge in [0.25, 0.3) is 5.91 Å². The number of urea groups is 2. The van der Waals surface area contributed by atoms with Crippen molar-refractivity contribution in [1.29, 1.82) is 0 Å². The zero-order valence-corrected chi connectivity index (χ0v) is 13.6. The van der Waals surface area contributed by atoms with Gasteiger partial charge in [0.05, 0.1) is 5.56 Å². The van der Waals surface area contributed by atoms with Gasteiger partial charge in [0.1, 0.15) is 0 Å². The van der Waals surface area contributed by atoms with E-state index in [2.05, 4.69) is 16.0 Å². The molecule has 1 rings (SSSR count). The zero-order chi connectivity index (χ0) is 18.3. The molecule has 0 aliphatic rings. The van der Waals surface area contributed by atoms with Gasteiger partial charge in [-0.25, -0.2) is 14.4 Å². The molecule has 0 unspecified atom stereocenters. The summed E-state index contributed by atoms with van der Waals surface area (Å²) >= 11 is 0. The molecule has 1 atom stereocenters. The first-order valence-corrected chi connectivity index (χ1v) is 7.18. The second-order valence-electron chi connectivity index (χ2n) is 5.24. The average Bonchev–Trinajstić information content (AvgIpc) is 2.45. The van der Waals surface area contributed by atoms with Crippen LogP contribution in [0.15, 0.2) is 24.3 Å². The number of carbonyl (C=O) groups is 4. The maximum absolute atomic E-state index is 12.0. The summed E-state index contributed by atoms with van der Waals surface area (Å²) in [6, 6.07) is 4.26. The smallest absolute Gasteiger partial charge is 0.338 e. The van der Waals surface area contributed by atoms with Crippen LogP contribution in [0.2, 0.25) is 0 Å². The lowest BCUT2D eigenvalue weighted by atomic mass is 10.2. The third-order valence-corrected chi connectivity index (χ3v) is 2.68. The van der Waals surface area contributed by atoms with Gasteiger partial charge in [-0.15, -0.1) is 0 Å². The quantitative estimate of drug-likeness (QED) is 0.593. The fraction of sp³-hybridized carbons (Fsp3) is 0.333. The number of nitrogens with one attached hydrogen (secondary N) is 3. The average molecular weight is 336 g/mol. The number of carbonyl (C=O) groups excluding carboxylic acids is 4. The lowest BCUT2D eigenvalue weighted by Crippen LogP contribution is -2.46. The molecule has 9 nitrogen and oxygen atoms in total. The van der Waals surface area contributed by atoms with Crippen molar-refractivity contribution in [3.8, 4) is 0 Å². The third-order valence-electron chi connectivity index (χ3n) is 2.68. The molecule has 0 saturated carbocycles. The molecule has 0 saturated heterocycles. The van der Waals surface area contributed by atoms with Gasteiger partial charge in [0.2, 0.25) is 0 Å². The van der Waals surface area contributed by atoms with Crippen LogP contribution in [0.4, 0.5) is 15.3 Å². The number of rotatable bonds is 5. The maximum atomic E-state index is 12.0. The number of primary amides is 1. The molecular weight excluding hydrogens is 316 g/mol. The highest BCUT2D eigenvalue weighted by Crippen LogP contribution is 2.12. The molecule has 24 heavy (non-hydrogen) atoms. The van der Waals surface area contributed by atoms with Crippen molar-refractivity contribution in [2.45, 2.75) is 32.9 Å². The van der Waals surface area contributed by atoms with Crippen LogP contribution in [0, 0.1) is 0 Å². The van der Waals surface area contributed by atoms with Crippen LogP contribution in [0.1, 0.15) is 31.1 Å². The number of anilines is 1. The number of ether oxygens (including phenoxy) is 1. The Morgan fingerprint density at radius 2 is 1.79 bits per heavy atom. The fourth-order valence-electron chi connectivity index (χ4n) is 1.66. The molecule has 130 valence electrons. The van der Waals surface area contributed by atoms with E-state index in [1.54, 1.807) is 13.8 Å². The minimum Gasteiger partial charge on any atom is -0.449 e. The molecule has 1 aromatic carbocycles. The van der Waals surface area contributed by atoms with E-state index in [-0.39, 0.29) is 11.6 Å². The van der Waals surface area contributed by atoms with Crippen LogP contribution >= 0.6 is 0 Å². The van der Waals surface area contributed by atoms with Crippen molar-refractivity contribution < 1.29 is 23.9 Å². The van der Waals surface area contributed by atoms with Crippen LogP contribution in [0.3, 0.4) is 0 Å². The van der Waals surface area contributed by atoms with Crippen LogP contribution in [0.5, 0.6) is 0 Å². The standard InChI is InChI=1S/C15H20N4O5/c1-8(2)17-15(23)19-12(20)9(3)24-13(21)10-5-4-6-11(7-10)18-14(16)22/h4-9H,1-3H3,(H3,16,18,22)(H2,17,19,20,23)/t9-/m0/s1. The predicted molar refractivity (Wildman–Crippen MR) is 86.3 cm³/mol. The number of hydrogen-bond donors (Lipinski definition) is 4. The Morgan fingerprint density at radius 3 is 2.38 bits per heavy atom. The molecular formula is C15H20N4O5. The molecule has 0 heterocycles. The molecule has 0 aromatic heterocycles. The van der Waals surface area contributed by atoms with Crippen LogP contribution in [-0.4, -0.2) is 36.1 Å². The van der Waals surface area contributed by atoms with Crippen molar-refractivity contribution in [2.75, 3.05) is 5.32 Å². The van der Waals surface area contributed by atoms with Gasteiger partial charge in [-0.1, -0.05) is 6.07 Å². The Morgan fingerprint density at radius 1 is 1.12 bits per heavy atom. The minimum atomic E-state index is -1.18. The molecule has 5 amide bonds. The van der Waals surface area contributed by atoms with Gasteiger partial charge < -0.3 is 21.1 Å². The van der Waals surface area contributed by atoms with Gasteiger partial charge in [0, 0.05) is 11.7 Å². The van der Waals surface area contributed by atoms with E-state index < -0.39 is 30.0 Å². The highest BCUT2D eigenvalue weighted by molar-refractivity contribution is 5.99. The monoisotopic (exact) mass is 336 g/mol. The van der Waals surface area contributed by atoms with Crippen LogP contribution < -0.4 is 21.7 Å². The Bertz CT molecular complexity index is 645. The Kier molecular flexibility index (Phi) is 6.72. The summed E-state index contributed by atoms with van der Waals surface area (Å²) in [6.07, 6.45) is -1.18. The zero-order valence-electron chi connectivity index (χ0n) is 13.6. The van der Waals surface area contributed by atoms with E-state index >= 15 is 0 Å². The number of imide groups is 1. The van der Waals surface area contributed by atoms with E-state index in [0.717, 1.165) is 0 Å². The van der Waals surface area contributed by atoms with Crippen molar-refractivity contribution in [3.05, 3.63) is 29.8 Å². The largest absolute Gasteiger partial charge is 0.449 e. The molecule has 0 aliphatic carbocycles. The second-order valence-corrected chi connectivity index (χ2v) is 5.24. The van der Waals surface area contributed by atoms with Crippen molar-refractivity contribution >= 4 is 29.6 Å². The number of hydrogen-bond acceptors (Lipinski definition) is 5. The van der Waals surface area contributed by atoms with Crippen LogP contribution in [-0.2, 0) is 9.53 Å². The van der Waals surface area contributed by atoms with Gasteiger partial charge in [-0.05, 0) is 39.0 Å². The predicted octanol–water partition coefficient (Wildman–Crippen LogP) is 0.957. The van der Waals surface area contributed by atoms with E-state index in [1.165, 1.54) is 31.2 Å². The number of benzene rings is 1. The third kappa shape index (κ3) is 6.34. The number of amides is 5. The molecule has 9 heteroatoms. The topological polar surface area (TPSA) is 140 Å². The van der Waals surface area contributed by atoms with Crippen molar-refractivity contribution in [3.63, 3.8) is 0 Å². The van der Waals surface area contributed by atoms with Crippen molar-refractivity contribution in [1.82, 2.24) is 10.6 Å². The first-order valence-electron chi connectivity index (χ1n) is 7.18. The SMILES string of the molecule is CC(C)NC(=O)NC(=O)[C@H](C)OC(=O)c1cccc(NC(N)=O)c1. The second kappa shape index (κ2) is 8.51. The highest BCUT2D eigenvalue weighted by Gasteiger charge is 2.21. The number of nitrogens with two attached hydrogens (primary N) is 1. The van der Waals surface area contributed by atoms with E-state index in [1.807, 2.05) is 0 Å². The first kappa shape index (κ1) is 18.9. The van der Waals surface area contributed by atoms with Crippen LogP contribution in [0.25, 0.3) is 0 Å². The van der Waals surface area contributed by atoms with Gasteiger partial charge in [0.15, 0.2) is 6.10 Å². The summed E-state index contributed by atoms with van der Waals surface area (Å²) in [5, 5.41) is 6.86. The van der Waals surface area contributed by atoms with Crippen molar-refractivity contribution in [2.24, 2.45) is 5.73 Å². The molecule has 0 spiro atoms. The van der Waals surface area contributed by atoms with Gasteiger partial charge in [-0.2, -0.15) is 0 Å².